The third kappa shape index (κ3) is 11.4. The molecule has 0 rings (SSSR count). The van der Waals surface area contributed by atoms with Gasteiger partial charge in [-0.1, -0.05) is 13.5 Å². The van der Waals surface area contributed by atoms with Crippen LogP contribution in [0.4, 0.5) is 0 Å². The van der Waals surface area contributed by atoms with Crippen LogP contribution in [0, 0.1) is 5.92 Å². The molecule has 0 aromatic heterocycles. The van der Waals surface area contributed by atoms with Crippen molar-refractivity contribution in [3.8, 4) is 0 Å². The van der Waals surface area contributed by atoms with Crippen molar-refractivity contribution in [3.05, 3.63) is 12.2 Å². The molecule has 0 heterocycles. The quantitative estimate of drug-likeness (QED) is 0.120. The number of aliphatic hydroxyl groups excluding tert-OH is 7. The first-order valence-corrected chi connectivity index (χ1v) is 11.2. The van der Waals surface area contributed by atoms with Gasteiger partial charge in [-0.15, -0.1) is 0 Å². The number of rotatable bonds is 16. The van der Waals surface area contributed by atoms with Crippen molar-refractivity contribution in [3.63, 3.8) is 0 Å². The van der Waals surface area contributed by atoms with Crippen LogP contribution in [0.3, 0.4) is 0 Å². The average Bonchev–Trinajstić information content (AvgIpc) is 2.70. The molecule has 0 aliphatic carbocycles. The smallest absolute Gasteiger partial charge is 0.100 e. The summed E-state index contributed by atoms with van der Waals surface area (Å²) in [5.74, 6) is -0.473. The van der Waals surface area contributed by atoms with Gasteiger partial charge in [0, 0.05) is 23.0 Å². The largest absolute Gasteiger partial charge is 0.396 e. The van der Waals surface area contributed by atoms with Crippen LogP contribution in [0.1, 0.15) is 52.4 Å². The minimum absolute atomic E-state index is 0.103. The molecule has 9 atom stereocenters. The maximum absolute atomic E-state index is 10.1. The Hall–Kier alpha value is 0.160. The maximum Gasteiger partial charge on any atom is 0.100 e. The summed E-state index contributed by atoms with van der Waals surface area (Å²) in [6.45, 7) is 6.62. The molecule has 0 aromatic rings. The second kappa shape index (κ2) is 15.0. The van der Waals surface area contributed by atoms with Crippen molar-refractivity contribution in [2.24, 2.45) is 5.92 Å². The summed E-state index contributed by atoms with van der Waals surface area (Å²) in [7, 11) is 0. The highest BCUT2D eigenvalue weighted by Gasteiger charge is 2.26. The van der Waals surface area contributed by atoms with Crippen LogP contribution in [0.15, 0.2) is 12.2 Å². The zero-order valence-corrected chi connectivity index (χ0v) is 19.2. The normalized spacial score (nSPS) is 21.5. The Balaban J connectivity index is 4.23. The molecule has 9 heteroatoms. The molecule has 0 aliphatic heterocycles. The molecule has 0 spiro atoms. The molecule has 0 aromatic carbocycles. The fourth-order valence-electron chi connectivity index (χ4n) is 2.94. The van der Waals surface area contributed by atoms with Gasteiger partial charge in [-0.3, -0.25) is 0 Å². The molecule has 29 heavy (non-hydrogen) atoms. The van der Waals surface area contributed by atoms with Crippen molar-refractivity contribution in [2.45, 2.75) is 99.5 Å². The first kappa shape index (κ1) is 29.2. The van der Waals surface area contributed by atoms with Gasteiger partial charge in [0.05, 0.1) is 30.5 Å². The van der Waals surface area contributed by atoms with Gasteiger partial charge in [-0.2, -0.15) is 25.3 Å². The predicted octanol–water partition coefficient (Wildman–Crippen LogP) is 0.294. The first-order valence-electron chi connectivity index (χ1n) is 10.1. The Morgan fingerprint density at radius 2 is 1.10 bits per heavy atom. The van der Waals surface area contributed by atoms with Gasteiger partial charge in [0.15, 0.2) is 0 Å². The lowest BCUT2D eigenvalue weighted by Crippen LogP contribution is -2.36. The molecular formula is C20H40O7S2. The van der Waals surface area contributed by atoms with E-state index in [0.29, 0.717) is 24.8 Å². The molecule has 0 fully saturated rings. The highest BCUT2D eigenvalue weighted by molar-refractivity contribution is 7.85. The van der Waals surface area contributed by atoms with Crippen LogP contribution in [0.5, 0.6) is 0 Å². The number of hydrogen-bond donors (Lipinski definition) is 9. The van der Waals surface area contributed by atoms with E-state index in [4.69, 9.17) is 5.11 Å². The van der Waals surface area contributed by atoms with Crippen LogP contribution in [-0.2, 0) is 0 Å². The Bertz CT molecular complexity index is 455. The second-order valence-electron chi connectivity index (χ2n) is 8.08. The molecule has 0 amide bonds. The van der Waals surface area contributed by atoms with Gasteiger partial charge in [-0.25, -0.2) is 0 Å². The Morgan fingerprint density at radius 1 is 0.724 bits per heavy atom. The second-order valence-corrected chi connectivity index (χ2v) is 9.40. The van der Waals surface area contributed by atoms with Gasteiger partial charge in [0.25, 0.3) is 0 Å². The topological polar surface area (TPSA) is 142 Å². The molecule has 0 bridgehead atoms. The van der Waals surface area contributed by atoms with Crippen molar-refractivity contribution < 1.29 is 35.7 Å². The highest BCUT2D eigenvalue weighted by Crippen LogP contribution is 2.23. The molecule has 0 aliphatic rings. The lowest BCUT2D eigenvalue weighted by atomic mass is 9.94. The molecule has 9 unspecified atom stereocenters. The predicted molar refractivity (Wildman–Crippen MR) is 120 cm³/mol. The third-order valence-corrected chi connectivity index (χ3v) is 6.77. The summed E-state index contributed by atoms with van der Waals surface area (Å²) in [5.41, 5.74) is 0.496. The van der Waals surface area contributed by atoms with Gasteiger partial charge < -0.3 is 35.7 Å². The third-order valence-electron chi connectivity index (χ3n) is 5.30. The summed E-state index contributed by atoms with van der Waals surface area (Å²) < 4.78 is 0. The van der Waals surface area contributed by atoms with E-state index in [9.17, 15) is 30.6 Å². The monoisotopic (exact) mass is 456 g/mol. The minimum Gasteiger partial charge on any atom is -0.396 e. The zero-order chi connectivity index (χ0) is 22.7. The molecule has 7 N–H and O–H groups in total. The van der Waals surface area contributed by atoms with Gasteiger partial charge in [0.1, 0.15) is 6.10 Å². The summed E-state index contributed by atoms with van der Waals surface area (Å²) >= 11 is 8.96. The lowest BCUT2D eigenvalue weighted by Gasteiger charge is -2.26. The minimum atomic E-state index is -1.09. The van der Waals surface area contributed by atoms with E-state index >= 15 is 0 Å². The van der Waals surface area contributed by atoms with Gasteiger partial charge >= 0.3 is 0 Å². The number of thiol groups is 2. The highest BCUT2D eigenvalue weighted by atomic mass is 32.1. The van der Waals surface area contributed by atoms with Crippen molar-refractivity contribution in [1.82, 2.24) is 0 Å². The van der Waals surface area contributed by atoms with E-state index in [1.165, 1.54) is 0 Å². The summed E-state index contributed by atoms with van der Waals surface area (Å²) in [6.07, 6.45) is -4.24. The van der Waals surface area contributed by atoms with Crippen LogP contribution in [-0.4, -0.2) is 89.5 Å². The van der Waals surface area contributed by atoms with E-state index < -0.39 is 42.5 Å². The Labute approximate surface area is 185 Å². The van der Waals surface area contributed by atoms with E-state index in [-0.39, 0.29) is 36.4 Å². The molecular weight excluding hydrogens is 416 g/mol. The van der Waals surface area contributed by atoms with Gasteiger partial charge in [-0.05, 0) is 51.0 Å². The molecule has 0 saturated heterocycles. The standard InChI is InChI=1S/C20H40O7S2/c1-11(2)19(26)15(24)7-9-18(29)17(28)8-6-14(23)13(22)4-5-16(25)20(27)12(3)10-21/h12-29H,1,4-10H2,2-3H3. The SMILES string of the molecule is C=C(C)C(O)C(O)CCC(S)C(S)CCC(O)C(O)CCC(O)C(O)C(C)CO. The number of hydrogen-bond acceptors (Lipinski definition) is 9. The average molecular weight is 457 g/mol. The maximum atomic E-state index is 10.1. The van der Waals surface area contributed by atoms with E-state index in [1.807, 2.05) is 0 Å². The van der Waals surface area contributed by atoms with E-state index in [0.717, 1.165) is 0 Å². The molecule has 0 radical (unpaired) electrons. The molecule has 0 saturated carbocycles. The van der Waals surface area contributed by atoms with Crippen LogP contribution < -0.4 is 0 Å². The lowest BCUT2D eigenvalue weighted by molar-refractivity contribution is -0.0453. The van der Waals surface area contributed by atoms with Gasteiger partial charge in [0.2, 0.25) is 0 Å². The zero-order valence-electron chi connectivity index (χ0n) is 17.4. The van der Waals surface area contributed by atoms with Crippen LogP contribution in [0.2, 0.25) is 0 Å². The fourth-order valence-corrected chi connectivity index (χ4v) is 3.53. The Morgan fingerprint density at radius 3 is 1.52 bits per heavy atom. The fraction of sp³-hybridized carbons (Fsp3) is 0.900. The first-order chi connectivity index (χ1) is 13.4. The molecule has 7 nitrogen and oxygen atoms in total. The van der Waals surface area contributed by atoms with E-state index in [1.54, 1.807) is 13.8 Å². The van der Waals surface area contributed by atoms with Crippen LogP contribution in [0.25, 0.3) is 0 Å². The van der Waals surface area contributed by atoms with Crippen molar-refractivity contribution >= 4 is 25.3 Å². The Kier molecular flexibility index (Phi) is 15.1. The summed E-state index contributed by atoms with van der Waals surface area (Å²) in [6, 6.07) is 0. The van der Waals surface area contributed by atoms with Crippen molar-refractivity contribution in [2.75, 3.05) is 6.61 Å². The van der Waals surface area contributed by atoms with Crippen molar-refractivity contribution in [1.29, 1.82) is 0 Å². The number of aliphatic hydroxyl groups is 7. The summed E-state index contributed by atoms with van der Waals surface area (Å²) in [5, 5.41) is 68.3. The summed E-state index contributed by atoms with van der Waals surface area (Å²) in [4.78, 5) is 0. The van der Waals surface area contributed by atoms with E-state index in [2.05, 4.69) is 31.8 Å². The molecule has 174 valence electrons. The van der Waals surface area contributed by atoms with Crippen LogP contribution >= 0.6 is 25.3 Å².